The van der Waals surface area contributed by atoms with Crippen LogP contribution in [-0.4, -0.2) is 16.7 Å². The Kier molecular flexibility index (Phi) is 4.68. The van der Waals surface area contributed by atoms with Gasteiger partial charge in [0.25, 0.3) is 0 Å². The topological polar surface area (TPSA) is 56.3 Å². The van der Waals surface area contributed by atoms with Crippen molar-refractivity contribution >= 4 is 23.4 Å². The lowest BCUT2D eigenvalue weighted by molar-refractivity contribution is 0.0734. The Hall–Kier alpha value is -2.98. The second-order valence-corrected chi connectivity index (χ2v) is 5.43. The summed E-state index contributed by atoms with van der Waals surface area (Å²) in [6.07, 6.45) is 3.01. The monoisotopic (exact) mass is 337 g/mol. The van der Waals surface area contributed by atoms with Gasteiger partial charge in [0.15, 0.2) is 5.78 Å². The molecule has 3 rings (SSSR count). The number of hydrogen-bond donors (Lipinski definition) is 0. The second kappa shape index (κ2) is 7.06. The first kappa shape index (κ1) is 15.9. The van der Waals surface area contributed by atoms with E-state index in [0.29, 0.717) is 27.5 Å². The number of pyridine rings is 1. The maximum atomic E-state index is 12.4. The predicted molar refractivity (Wildman–Crippen MR) is 90.5 cm³/mol. The van der Waals surface area contributed by atoms with Crippen LogP contribution in [0.15, 0.2) is 73.1 Å². The van der Waals surface area contributed by atoms with E-state index in [0.717, 1.165) is 0 Å². The van der Waals surface area contributed by atoms with Gasteiger partial charge in [0.05, 0.1) is 5.56 Å². The summed E-state index contributed by atoms with van der Waals surface area (Å²) in [5, 5.41) is 0.573. The van der Waals surface area contributed by atoms with Gasteiger partial charge in [-0.3, -0.25) is 9.78 Å². The van der Waals surface area contributed by atoms with Crippen LogP contribution in [0.5, 0.6) is 5.75 Å². The largest absolute Gasteiger partial charge is 0.423 e. The van der Waals surface area contributed by atoms with Gasteiger partial charge in [-0.05, 0) is 60.7 Å². The molecule has 118 valence electrons. The van der Waals surface area contributed by atoms with Gasteiger partial charge in [-0.15, -0.1) is 0 Å². The number of ketones is 1. The van der Waals surface area contributed by atoms with Crippen LogP contribution in [0.4, 0.5) is 0 Å². The van der Waals surface area contributed by atoms with Crippen LogP contribution in [0.2, 0.25) is 5.02 Å². The number of hydrogen-bond acceptors (Lipinski definition) is 4. The lowest BCUT2D eigenvalue weighted by atomic mass is 10.0. The number of esters is 1. The highest BCUT2D eigenvalue weighted by Crippen LogP contribution is 2.18. The summed E-state index contributed by atoms with van der Waals surface area (Å²) in [6, 6.07) is 16.3. The molecule has 0 saturated carbocycles. The van der Waals surface area contributed by atoms with Gasteiger partial charge in [0.1, 0.15) is 5.75 Å². The van der Waals surface area contributed by atoms with Crippen molar-refractivity contribution in [1.82, 2.24) is 4.98 Å². The van der Waals surface area contributed by atoms with E-state index in [2.05, 4.69) is 4.98 Å². The van der Waals surface area contributed by atoms with E-state index in [1.54, 1.807) is 66.9 Å². The van der Waals surface area contributed by atoms with Crippen molar-refractivity contribution in [3.8, 4) is 5.75 Å². The number of nitrogens with zero attached hydrogens (tertiary/aromatic N) is 1. The molecule has 0 atom stereocenters. The molecule has 0 spiro atoms. The molecule has 3 aromatic rings. The number of benzene rings is 2. The SMILES string of the molecule is O=C(Oc1ccc(C(=O)c2ccc(Cl)cc2)cc1)c1cccnc1. The minimum absolute atomic E-state index is 0.128. The number of carbonyl (C=O) groups excluding carboxylic acids is 2. The van der Waals surface area contributed by atoms with Gasteiger partial charge in [0.2, 0.25) is 0 Å². The van der Waals surface area contributed by atoms with E-state index in [9.17, 15) is 9.59 Å². The van der Waals surface area contributed by atoms with E-state index in [1.165, 1.54) is 6.20 Å². The molecule has 0 aliphatic carbocycles. The Morgan fingerprint density at radius 1 is 0.833 bits per heavy atom. The number of halogens is 1. The highest BCUT2D eigenvalue weighted by Gasteiger charge is 2.11. The standard InChI is InChI=1S/C19H12ClNO3/c20-16-7-3-13(4-8-16)18(22)14-5-9-17(10-6-14)24-19(23)15-2-1-11-21-12-15/h1-12H. The molecular formula is C19H12ClNO3. The molecule has 0 aliphatic heterocycles. The fourth-order valence-corrected chi connectivity index (χ4v) is 2.22. The molecule has 2 aromatic carbocycles. The molecule has 0 N–H and O–H groups in total. The van der Waals surface area contributed by atoms with Crippen molar-refractivity contribution in [2.45, 2.75) is 0 Å². The van der Waals surface area contributed by atoms with E-state index in [1.807, 2.05) is 0 Å². The average molecular weight is 338 g/mol. The van der Waals surface area contributed by atoms with Crippen LogP contribution >= 0.6 is 11.6 Å². The van der Waals surface area contributed by atoms with Crippen molar-refractivity contribution in [3.05, 3.63) is 94.8 Å². The second-order valence-electron chi connectivity index (χ2n) is 4.99. The minimum Gasteiger partial charge on any atom is -0.423 e. The fraction of sp³-hybridized carbons (Fsp3) is 0. The highest BCUT2D eigenvalue weighted by molar-refractivity contribution is 6.30. The van der Waals surface area contributed by atoms with Crippen molar-refractivity contribution < 1.29 is 14.3 Å². The molecule has 1 aromatic heterocycles. The maximum Gasteiger partial charge on any atom is 0.345 e. The van der Waals surface area contributed by atoms with Crippen molar-refractivity contribution in [2.75, 3.05) is 0 Å². The molecule has 0 unspecified atom stereocenters. The van der Waals surface area contributed by atoms with Crippen molar-refractivity contribution in [2.24, 2.45) is 0 Å². The quantitative estimate of drug-likeness (QED) is 0.407. The van der Waals surface area contributed by atoms with E-state index < -0.39 is 5.97 Å². The van der Waals surface area contributed by atoms with Crippen LogP contribution in [0.3, 0.4) is 0 Å². The molecule has 4 nitrogen and oxygen atoms in total. The zero-order valence-corrected chi connectivity index (χ0v) is 13.2. The zero-order valence-electron chi connectivity index (χ0n) is 12.5. The first-order valence-electron chi connectivity index (χ1n) is 7.16. The summed E-state index contributed by atoms with van der Waals surface area (Å²) in [4.78, 5) is 28.2. The van der Waals surface area contributed by atoms with Crippen LogP contribution in [-0.2, 0) is 0 Å². The third kappa shape index (κ3) is 3.67. The first-order valence-corrected chi connectivity index (χ1v) is 7.54. The molecule has 0 radical (unpaired) electrons. The van der Waals surface area contributed by atoms with Gasteiger partial charge in [0, 0.05) is 28.5 Å². The Morgan fingerprint density at radius 2 is 1.46 bits per heavy atom. The summed E-state index contributed by atoms with van der Waals surface area (Å²) in [5.74, 6) is -0.270. The Bertz CT molecular complexity index is 859. The van der Waals surface area contributed by atoms with E-state index in [-0.39, 0.29) is 5.78 Å². The lowest BCUT2D eigenvalue weighted by Crippen LogP contribution is -2.09. The Labute approximate surface area is 143 Å². The molecule has 0 fully saturated rings. The summed E-state index contributed by atoms with van der Waals surface area (Å²) >= 11 is 5.82. The maximum absolute atomic E-state index is 12.4. The number of rotatable bonds is 4. The summed E-state index contributed by atoms with van der Waals surface area (Å²) in [7, 11) is 0. The lowest BCUT2D eigenvalue weighted by Gasteiger charge is -2.05. The molecular weight excluding hydrogens is 326 g/mol. The average Bonchev–Trinajstić information content (AvgIpc) is 2.63. The summed E-state index contributed by atoms with van der Waals surface area (Å²) in [5.41, 5.74) is 1.40. The molecule has 5 heteroatoms. The summed E-state index contributed by atoms with van der Waals surface area (Å²) in [6.45, 7) is 0. The van der Waals surface area contributed by atoms with E-state index >= 15 is 0 Å². The van der Waals surface area contributed by atoms with Crippen molar-refractivity contribution in [3.63, 3.8) is 0 Å². The Balaban J connectivity index is 1.72. The van der Waals surface area contributed by atoms with Crippen molar-refractivity contribution in [1.29, 1.82) is 0 Å². The first-order chi connectivity index (χ1) is 11.6. The normalized spacial score (nSPS) is 10.2. The molecule has 0 aliphatic rings. The molecule has 0 amide bonds. The number of aromatic nitrogens is 1. The molecule has 1 heterocycles. The third-order valence-electron chi connectivity index (χ3n) is 3.33. The molecule has 0 saturated heterocycles. The van der Waals surface area contributed by atoms with Crippen LogP contribution in [0.1, 0.15) is 26.3 Å². The minimum atomic E-state index is -0.500. The molecule has 0 bridgehead atoms. The third-order valence-corrected chi connectivity index (χ3v) is 3.58. The van der Waals surface area contributed by atoms with Crippen LogP contribution < -0.4 is 4.74 Å². The van der Waals surface area contributed by atoms with Gasteiger partial charge in [-0.2, -0.15) is 0 Å². The van der Waals surface area contributed by atoms with Crippen LogP contribution in [0.25, 0.3) is 0 Å². The highest BCUT2D eigenvalue weighted by atomic mass is 35.5. The van der Waals surface area contributed by atoms with E-state index in [4.69, 9.17) is 16.3 Å². The fourth-order valence-electron chi connectivity index (χ4n) is 2.09. The smallest absolute Gasteiger partial charge is 0.345 e. The van der Waals surface area contributed by atoms with Gasteiger partial charge >= 0.3 is 5.97 Å². The molecule has 24 heavy (non-hydrogen) atoms. The Morgan fingerprint density at radius 3 is 2.04 bits per heavy atom. The van der Waals surface area contributed by atoms with Gasteiger partial charge in [-0.25, -0.2) is 4.79 Å². The summed E-state index contributed by atoms with van der Waals surface area (Å²) < 4.78 is 5.25. The van der Waals surface area contributed by atoms with Gasteiger partial charge in [-0.1, -0.05) is 11.6 Å². The zero-order chi connectivity index (χ0) is 16.9. The van der Waals surface area contributed by atoms with Gasteiger partial charge < -0.3 is 4.74 Å². The van der Waals surface area contributed by atoms with Crippen LogP contribution in [0, 0.1) is 0 Å². The predicted octanol–water partition coefficient (Wildman–Crippen LogP) is 4.19. The number of carbonyl (C=O) groups is 2. The number of ether oxygens (including phenoxy) is 1.